The molecule has 4 aromatic rings. The van der Waals surface area contributed by atoms with Gasteiger partial charge < -0.3 is 19.8 Å². The van der Waals surface area contributed by atoms with Crippen molar-refractivity contribution in [1.82, 2.24) is 9.97 Å². The monoisotopic (exact) mass is 424 g/mol. The van der Waals surface area contributed by atoms with Gasteiger partial charge in [-0.2, -0.15) is 5.26 Å². The zero-order valence-corrected chi connectivity index (χ0v) is 17.7. The second-order valence-electron chi connectivity index (χ2n) is 8.04. The van der Waals surface area contributed by atoms with Gasteiger partial charge in [0.05, 0.1) is 6.10 Å². The molecule has 2 heterocycles. The number of aromatic nitrogens is 2. The fraction of sp³-hybridized carbons (Fsp3) is 0.231. The number of benzene rings is 2. The van der Waals surface area contributed by atoms with Crippen molar-refractivity contribution in [3.8, 4) is 23.3 Å². The SMILES string of the molecule is N#Cc1cc(Oc2ccc(OC3CCCCC3)cc2)cc(Nc2ccc3cc[nH]c3c2)n1. The summed E-state index contributed by atoms with van der Waals surface area (Å²) >= 11 is 0. The van der Waals surface area contributed by atoms with Gasteiger partial charge in [0.15, 0.2) is 0 Å². The van der Waals surface area contributed by atoms with Gasteiger partial charge in [-0.25, -0.2) is 4.98 Å². The Morgan fingerprint density at radius 2 is 1.72 bits per heavy atom. The second-order valence-corrected chi connectivity index (χ2v) is 8.04. The molecule has 160 valence electrons. The Hall–Kier alpha value is -3.98. The molecule has 5 rings (SSSR count). The van der Waals surface area contributed by atoms with Gasteiger partial charge in [0.2, 0.25) is 0 Å². The first-order chi connectivity index (χ1) is 15.7. The summed E-state index contributed by atoms with van der Waals surface area (Å²) in [5.74, 6) is 2.62. The summed E-state index contributed by atoms with van der Waals surface area (Å²) in [5, 5.41) is 13.8. The van der Waals surface area contributed by atoms with Crippen LogP contribution in [0.5, 0.6) is 17.2 Å². The van der Waals surface area contributed by atoms with E-state index in [2.05, 4.69) is 21.4 Å². The summed E-state index contributed by atoms with van der Waals surface area (Å²) in [5.41, 5.74) is 2.18. The van der Waals surface area contributed by atoms with Crippen LogP contribution in [0.1, 0.15) is 37.8 Å². The minimum Gasteiger partial charge on any atom is -0.490 e. The van der Waals surface area contributed by atoms with Gasteiger partial charge in [-0.3, -0.25) is 0 Å². The lowest BCUT2D eigenvalue weighted by molar-refractivity contribution is 0.155. The first kappa shape index (κ1) is 20.0. The van der Waals surface area contributed by atoms with Gasteiger partial charge in [-0.15, -0.1) is 0 Å². The lowest BCUT2D eigenvalue weighted by Gasteiger charge is -2.23. The average Bonchev–Trinajstić information content (AvgIpc) is 3.29. The molecule has 2 N–H and O–H groups in total. The van der Waals surface area contributed by atoms with Crippen LogP contribution in [0.25, 0.3) is 10.9 Å². The number of aromatic amines is 1. The van der Waals surface area contributed by atoms with Crippen molar-refractivity contribution in [1.29, 1.82) is 5.26 Å². The summed E-state index contributed by atoms with van der Waals surface area (Å²) < 4.78 is 12.1. The van der Waals surface area contributed by atoms with Crippen LogP contribution >= 0.6 is 0 Å². The number of H-pyrrole nitrogens is 1. The van der Waals surface area contributed by atoms with Crippen molar-refractivity contribution in [2.45, 2.75) is 38.2 Å². The maximum atomic E-state index is 9.41. The Balaban J connectivity index is 1.30. The zero-order valence-electron chi connectivity index (χ0n) is 17.7. The summed E-state index contributed by atoms with van der Waals surface area (Å²) in [6.07, 6.45) is 8.25. The first-order valence-electron chi connectivity index (χ1n) is 11.0. The molecule has 1 aliphatic rings. The highest BCUT2D eigenvalue weighted by atomic mass is 16.5. The highest BCUT2D eigenvalue weighted by molar-refractivity contribution is 5.83. The van der Waals surface area contributed by atoms with Crippen LogP contribution in [0, 0.1) is 11.3 Å². The third-order valence-corrected chi connectivity index (χ3v) is 5.66. The van der Waals surface area contributed by atoms with Crippen LogP contribution in [-0.2, 0) is 0 Å². The molecule has 2 aromatic carbocycles. The topological polar surface area (TPSA) is 83.0 Å². The predicted octanol–water partition coefficient (Wildman–Crippen LogP) is 6.68. The number of hydrogen-bond donors (Lipinski definition) is 2. The number of fused-ring (bicyclic) bond motifs is 1. The molecule has 1 aliphatic carbocycles. The highest BCUT2D eigenvalue weighted by Crippen LogP contribution is 2.29. The van der Waals surface area contributed by atoms with E-state index in [0.717, 1.165) is 35.2 Å². The van der Waals surface area contributed by atoms with E-state index in [-0.39, 0.29) is 5.69 Å². The van der Waals surface area contributed by atoms with E-state index in [9.17, 15) is 5.26 Å². The number of rotatable bonds is 6. The lowest BCUT2D eigenvalue weighted by Crippen LogP contribution is -2.19. The molecule has 1 fully saturated rings. The van der Waals surface area contributed by atoms with Gasteiger partial charge >= 0.3 is 0 Å². The Kier molecular flexibility index (Phi) is 5.63. The van der Waals surface area contributed by atoms with Crippen LogP contribution in [0.2, 0.25) is 0 Å². The molecule has 6 nitrogen and oxygen atoms in total. The van der Waals surface area contributed by atoms with Crippen LogP contribution < -0.4 is 14.8 Å². The van der Waals surface area contributed by atoms with Crippen LogP contribution in [0.4, 0.5) is 11.5 Å². The van der Waals surface area contributed by atoms with E-state index in [4.69, 9.17) is 9.47 Å². The first-order valence-corrected chi connectivity index (χ1v) is 11.0. The number of hydrogen-bond acceptors (Lipinski definition) is 5. The fourth-order valence-corrected chi connectivity index (χ4v) is 4.06. The van der Waals surface area contributed by atoms with Crippen molar-refractivity contribution < 1.29 is 9.47 Å². The van der Waals surface area contributed by atoms with Gasteiger partial charge in [0, 0.05) is 29.5 Å². The normalized spacial score (nSPS) is 14.1. The smallest absolute Gasteiger partial charge is 0.146 e. The quantitative estimate of drug-likeness (QED) is 0.361. The molecule has 0 spiro atoms. The number of nitrogens with one attached hydrogen (secondary N) is 2. The van der Waals surface area contributed by atoms with Gasteiger partial charge in [0.1, 0.15) is 34.8 Å². The van der Waals surface area contributed by atoms with Gasteiger partial charge in [-0.1, -0.05) is 12.5 Å². The van der Waals surface area contributed by atoms with Crippen LogP contribution in [-0.4, -0.2) is 16.1 Å². The number of pyridine rings is 1. The number of nitrogens with zero attached hydrogens (tertiary/aromatic N) is 2. The van der Waals surface area contributed by atoms with E-state index in [1.165, 1.54) is 19.3 Å². The minimum absolute atomic E-state index is 0.281. The maximum Gasteiger partial charge on any atom is 0.146 e. The average molecular weight is 425 g/mol. The van der Waals surface area contributed by atoms with Gasteiger partial charge in [0.25, 0.3) is 0 Å². The van der Waals surface area contributed by atoms with E-state index in [0.29, 0.717) is 23.4 Å². The van der Waals surface area contributed by atoms with E-state index >= 15 is 0 Å². The standard InChI is InChI=1S/C26H24N4O2/c27-17-20-14-24(16-26(30-20)29-19-7-6-18-12-13-28-25(18)15-19)32-23-10-8-22(9-11-23)31-21-4-2-1-3-5-21/h6-16,21,28H,1-5H2,(H,29,30). The molecule has 0 saturated heterocycles. The predicted molar refractivity (Wildman–Crippen MR) is 125 cm³/mol. The number of ether oxygens (including phenoxy) is 2. The van der Waals surface area contributed by atoms with Crippen molar-refractivity contribution in [2.75, 3.05) is 5.32 Å². The summed E-state index contributed by atoms with van der Waals surface area (Å²) in [6.45, 7) is 0. The largest absolute Gasteiger partial charge is 0.490 e. The molecule has 0 aliphatic heterocycles. The summed E-state index contributed by atoms with van der Waals surface area (Å²) in [6, 6.07) is 21.2. The molecule has 0 unspecified atom stereocenters. The van der Waals surface area contributed by atoms with Crippen LogP contribution in [0.15, 0.2) is 66.9 Å². The molecular formula is C26H24N4O2. The van der Waals surface area contributed by atoms with E-state index in [1.54, 1.807) is 12.1 Å². The maximum absolute atomic E-state index is 9.41. The van der Waals surface area contributed by atoms with Crippen molar-refractivity contribution in [3.63, 3.8) is 0 Å². The lowest BCUT2D eigenvalue weighted by atomic mass is 9.98. The zero-order chi connectivity index (χ0) is 21.8. The molecule has 2 aromatic heterocycles. The third kappa shape index (κ3) is 4.68. The molecule has 0 bridgehead atoms. The Morgan fingerprint density at radius 3 is 2.53 bits per heavy atom. The molecule has 0 radical (unpaired) electrons. The second kappa shape index (κ2) is 9.03. The minimum atomic E-state index is 0.281. The highest BCUT2D eigenvalue weighted by Gasteiger charge is 2.15. The number of anilines is 2. The van der Waals surface area contributed by atoms with Gasteiger partial charge in [-0.05, 0) is 73.5 Å². The van der Waals surface area contributed by atoms with E-state index in [1.807, 2.05) is 54.7 Å². The molecule has 0 amide bonds. The molecule has 1 saturated carbocycles. The van der Waals surface area contributed by atoms with Crippen molar-refractivity contribution in [3.05, 3.63) is 72.6 Å². The molecule has 32 heavy (non-hydrogen) atoms. The summed E-state index contributed by atoms with van der Waals surface area (Å²) in [7, 11) is 0. The fourth-order valence-electron chi connectivity index (χ4n) is 4.06. The Morgan fingerprint density at radius 1 is 0.906 bits per heavy atom. The van der Waals surface area contributed by atoms with Crippen molar-refractivity contribution >= 4 is 22.4 Å². The summed E-state index contributed by atoms with van der Waals surface area (Å²) in [4.78, 5) is 7.55. The third-order valence-electron chi connectivity index (χ3n) is 5.66. The van der Waals surface area contributed by atoms with E-state index < -0.39 is 0 Å². The van der Waals surface area contributed by atoms with Crippen molar-refractivity contribution in [2.24, 2.45) is 0 Å². The molecule has 0 atom stereocenters. The molecule has 6 heteroatoms. The Bertz CT molecular complexity index is 1250. The number of nitriles is 1. The molecular weight excluding hydrogens is 400 g/mol. The Labute approximate surface area is 186 Å². The van der Waals surface area contributed by atoms with Crippen LogP contribution in [0.3, 0.4) is 0 Å².